The molecule has 0 fully saturated rings. The Labute approximate surface area is 82.6 Å². The number of benzene rings is 1. The van der Waals surface area contributed by atoms with Crippen molar-refractivity contribution in [2.45, 2.75) is 6.42 Å². The summed E-state index contributed by atoms with van der Waals surface area (Å²) in [7, 11) is 0. The number of para-hydroxylation sites is 1. The molecule has 0 heterocycles. The second-order valence-corrected chi connectivity index (χ2v) is 2.78. The van der Waals surface area contributed by atoms with Gasteiger partial charge in [0.15, 0.2) is 0 Å². The summed E-state index contributed by atoms with van der Waals surface area (Å²) in [4.78, 5) is 11.3. The van der Waals surface area contributed by atoms with Gasteiger partial charge in [-0.25, -0.2) is 4.79 Å². The highest BCUT2D eigenvalue weighted by atomic mass is 16.5. The minimum Gasteiger partial charge on any atom is -0.423 e. The Kier molecular flexibility index (Phi) is 3.88. The van der Waals surface area contributed by atoms with Crippen LogP contribution in [0.5, 0.6) is 5.75 Å². The van der Waals surface area contributed by atoms with Crippen LogP contribution in [0.15, 0.2) is 42.5 Å². The van der Waals surface area contributed by atoms with Crippen molar-refractivity contribution < 1.29 is 14.6 Å². The molecule has 0 spiro atoms. The van der Waals surface area contributed by atoms with E-state index >= 15 is 0 Å². The zero-order chi connectivity index (χ0) is 10.4. The van der Waals surface area contributed by atoms with Crippen molar-refractivity contribution in [2.75, 3.05) is 6.61 Å². The fourth-order valence-electron chi connectivity index (χ4n) is 0.905. The van der Waals surface area contributed by atoms with Crippen LogP contribution in [0.25, 0.3) is 0 Å². The molecule has 0 saturated carbocycles. The third-order valence-electron chi connectivity index (χ3n) is 1.66. The molecule has 0 unspecified atom stereocenters. The third kappa shape index (κ3) is 3.03. The van der Waals surface area contributed by atoms with Crippen molar-refractivity contribution in [3.63, 3.8) is 0 Å². The van der Waals surface area contributed by atoms with Crippen LogP contribution in [0.1, 0.15) is 6.42 Å². The molecule has 0 aliphatic heterocycles. The Bertz CT molecular complexity index is 317. The van der Waals surface area contributed by atoms with Crippen LogP contribution in [0.4, 0.5) is 0 Å². The quantitative estimate of drug-likeness (QED) is 0.447. The van der Waals surface area contributed by atoms with Crippen LogP contribution >= 0.6 is 0 Å². The Balaban J connectivity index is 2.53. The van der Waals surface area contributed by atoms with Crippen LogP contribution in [-0.2, 0) is 4.79 Å². The summed E-state index contributed by atoms with van der Waals surface area (Å²) < 4.78 is 4.98. The average Bonchev–Trinajstić information content (AvgIpc) is 2.19. The molecule has 14 heavy (non-hydrogen) atoms. The maximum Gasteiger partial charge on any atom is 0.338 e. The number of hydrogen-bond acceptors (Lipinski definition) is 3. The monoisotopic (exact) mass is 192 g/mol. The molecule has 0 radical (unpaired) electrons. The summed E-state index contributed by atoms with van der Waals surface area (Å²) >= 11 is 0. The third-order valence-corrected chi connectivity index (χ3v) is 1.66. The summed E-state index contributed by atoms with van der Waals surface area (Å²) in [5.41, 5.74) is 0.274. The largest absolute Gasteiger partial charge is 0.423 e. The van der Waals surface area contributed by atoms with Gasteiger partial charge < -0.3 is 9.84 Å². The lowest BCUT2D eigenvalue weighted by atomic mass is 10.2. The normalized spacial score (nSPS) is 9.50. The van der Waals surface area contributed by atoms with Gasteiger partial charge in [-0.05, 0) is 12.1 Å². The molecule has 1 aromatic carbocycles. The molecular formula is C11H12O3. The Morgan fingerprint density at radius 1 is 1.36 bits per heavy atom. The maximum absolute atomic E-state index is 11.3. The van der Waals surface area contributed by atoms with Crippen LogP contribution in [0.3, 0.4) is 0 Å². The summed E-state index contributed by atoms with van der Waals surface area (Å²) in [6, 6.07) is 8.75. The second kappa shape index (κ2) is 5.19. The Morgan fingerprint density at radius 3 is 2.57 bits per heavy atom. The van der Waals surface area contributed by atoms with E-state index in [0.717, 1.165) is 0 Å². The van der Waals surface area contributed by atoms with Crippen molar-refractivity contribution in [3.8, 4) is 5.75 Å². The molecule has 0 atom stereocenters. The number of rotatable bonds is 4. The number of aliphatic hydroxyl groups excluding tert-OH is 1. The van der Waals surface area contributed by atoms with Crippen molar-refractivity contribution in [2.24, 2.45) is 0 Å². The Morgan fingerprint density at radius 2 is 2.00 bits per heavy atom. The average molecular weight is 192 g/mol. The molecule has 1 rings (SSSR count). The first-order chi connectivity index (χ1) is 6.74. The molecular weight excluding hydrogens is 180 g/mol. The first-order valence-electron chi connectivity index (χ1n) is 4.30. The van der Waals surface area contributed by atoms with Gasteiger partial charge in [0.2, 0.25) is 0 Å². The van der Waals surface area contributed by atoms with Gasteiger partial charge in [-0.2, -0.15) is 0 Å². The highest BCUT2D eigenvalue weighted by molar-refractivity contribution is 5.89. The van der Waals surface area contributed by atoms with Crippen LogP contribution in [0, 0.1) is 0 Å². The molecule has 1 aromatic rings. The molecule has 3 nitrogen and oxygen atoms in total. The molecule has 3 heteroatoms. The minimum absolute atomic E-state index is 0.0945. The van der Waals surface area contributed by atoms with Gasteiger partial charge in [0, 0.05) is 18.6 Å². The fraction of sp³-hybridized carbons (Fsp3) is 0.182. The molecule has 1 N–H and O–H groups in total. The topological polar surface area (TPSA) is 46.5 Å². The zero-order valence-corrected chi connectivity index (χ0v) is 7.77. The molecule has 0 aromatic heterocycles. The van der Waals surface area contributed by atoms with Crippen molar-refractivity contribution in [1.29, 1.82) is 0 Å². The number of aliphatic hydroxyl groups is 1. The predicted octanol–water partition coefficient (Wildman–Crippen LogP) is 1.53. The van der Waals surface area contributed by atoms with E-state index in [0.29, 0.717) is 5.75 Å². The molecule has 0 amide bonds. The van der Waals surface area contributed by atoms with Gasteiger partial charge in [-0.15, -0.1) is 0 Å². The number of hydrogen-bond donors (Lipinski definition) is 1. The molecule has 0 bridgehead atoms. The van der Waals surface area contributed by atoms with Crippen molar-refractivity contribution in [3.05, 3.63) is 42.5 Å². The standard InChI is InChI=1S/C11H12O3/c1-9(7-8-12)11(13)14-10-5-3-2-4-6-10/h2-6,12H,1,7-8H2. The second-order valence-electron chi connectivity index (χ2n) is 2.78. The summed E-state index contributed by atoms with van der Waals surface area (Å²) in [5, 5.41) is 8.58. The predicted molar refractivity (Wildman–Crippen MR) is 52.9 cm³/mol. The van der Waals surface area contributed by atoms with E-state index < -0.39 is 5.97 Å². The van der Waals surface area contributed by atoms with Gasteiger partial charge in [0.25, 0.3) is 0 Å². The van der Waals surface area contributed by atoms with E-state index in [1.54, 1.807) is 24.3 Å². The van der Waals surface area contributed by atoms with E-state index in [1.165, 1.54) is 0 Å². The van der Waals surface area contributed by atoms with Crippen molar-refractivity contribution >= 4 is 5.97 Å². The van der Waals surface area contributed by atoms with Gasteiger partial charge in [0.05, 0.1) is 0 Å². The first kappa shape index (κ1) is 10.5. The number of esters is 1. The van der Waals surface area contributed by atoms with Gasteiger partial charge >= 0.3 is 5.97 Å². The lowest BCUT2D eigenvalue weighted by molar-refractivity contribution is -0.130. The van der Waals surface area contributed by atoms with Crippen LogP contribution in [0.2, 0.25) is 0 Å². The maximum atomic E-state index is 11.3. The van der Waals surface area contributed by atoms with E-state index in [2.05, 4.69) is 6.58 Å². The fourth-order valence-corrected chi connectivity index (χ4v) is 0.905. The number of carbonyl (C=O) groups excluding carboxylic acids is 1. The molecule has 0 saturated heterocycles. The van der Waals surface area contributed by atoms with Crippen LogP contribution in [-0.4, -0.2) is 17.7 Å². The lowest BCUT2D eigenvalue weighted by Gasteiger charge is -2.04. The summed E-state index contributed by atoms with van der Waals surface area (Å²) in [6.45, 7) is 3.41. The molecule has 74 valence electrons. The van der Waals surface area contributed by atoms with Gasteiger partial charge in [-0.3, -0.25) is 0 Å². The summed E-state index contributed by atoms with van der Waals surface area (Å²) in [5.74, 6) is -0.0122. The van der Waals surface area contributed by atoms with Gasteiger partial charge in [0.1, 0.15) is 5.75 Å². The zero-order valence-electron chi connectivity index (χ0n) is 7.77. The Hall–Kier alpha value is -1.61. The number of carbonyl (C=O) groups is 1. The van der Waals surface area contributed by atoms with E-state index in [-0.39, 0.29) is 18.6 Å². The van der Waals surface area contributed by atoms with Gasteiger partial charge in [-0.1, -0.05) is 24.8 Å². The van der Waals surface area contributed by atoms with E-state index in [4.69, 9.17) is 9.84 Å². The first-order valence-corrected chi connectivity index (χ1v) is 4.30. The van der Waals surface area contributed by atoms with Crippen molar-refractivity contribution in [1.82, 2.24) is 0 Å². The summed E-state index contributed by atoms with van der Waals surface area (Å²) in [6.07, 6.45) is 0.242. The molecule has 0 aliphatic rings. The van der Waals surface area contributed by atoms with E-state index in [9.17, 15) is 4.79 Å². The SMILES string of the molecule is C=C(CCO)C(=O)Oc1ccccc1. The molecule has 0 aliphatic carbocycles. The number of ether oxygens (including phenoxy) is 1. The highest BCUT2D eigenvalue weighted by Gasteiger charge is 2.08. The highest BCUT2D eigenvalue weighted by Crippen LogP contribution is 2.11. The van der Waals surface area contributed by atoms with E-state index in [1.807, 2.05) is 6.07 Å². The lowest BCUT2D eigenvalue weighted by Crippen LogP contribution is -2.11. The minimum atomic E-state index is -0.495. The van der Waals surface area contributed by atoms with Crippen LogP contribution < -0.4 is 4.74 Å². The smallest absolute Gasteiger partial charge is 0.338 e.